The molecule has 1 heterocycles. The second-order valence-electron chi connectivity index (χ2n) is 17.2. The van der Waals surface area contributed by atoms with Crippen LogP contribution in [-0.2, 0) is 40.0 Å². The standard InChI is InChI=1S/C50H69N7O9/c1-4-5-6-7-8-9-10-11-12-13-14-16-38(58)30-37(22-24-52)50(64)57(3)48-36-19-21-45(65-32-46(54)61)40(31-36)39-28-35(18-20-44(39)66-33-47(62)55-26-25-53)29-41(42(59)17-15-23-51)56-49(63)34(2)27-43(48)60/h18-21,28,31,34,37,41,48H,4-17,22,24,26-27,29-30,32-33,52H2,1-3H3,(H2,54,61)(H,55,62)(H,56,63)/t34-,37-,41+,48+/m1/s1. The molecule has 0 saturated heterocycles. The monoisotopic (exact) mass is 912 g/mol. The zero-order chi connectivity index (χ0) is 48.4. The molecule has 16 heteroatoms. The topological polar surface area (TPSA) is 265 Å². The quantitative estimate of drug-likeness (QED) is 0.0577. The maximum absolute atomic E-state index is 14.6. The van der Waals surface area contributed by atoms with E-state index in [2.05, 4.69) is 17.6 Å². The average molecular weight is 912 g/mol. The van der Waals surface area contributed by atoms with E-state index in [1.165, 1.54) is 63.0 Å². The lowest BCUT2D eigenvalue weighted by Gasteiger charge is -2.32. The Balaban J connectivity index is 2.06. The Morgan fingerprint density at radius 2 is 1.47 bits per heavy atom. The van der Waals surface area contributed by atoms with Gasteiger partial charge in [-0.1, -0.05) is 90.2 Å². The highest BCUT2D eigenvalue weighted by atomic mass is 16.5. The molecule has 0 radical (unpaired) electrons. The fourth-order valence-corrected chi connectivity index (χ4v) is 8.15. The highest BCUT2D eigenvalue weighted by Gasteiger charge is 2.36. The van der Waals surface area contributed by atoms with Crippen molar-refractivity contribution in [1.29, 1.82) is 10.5 Å². The SMILES string of the molecule is CCCCCCCCCCCCCC(=O)C[C@@H](CCN)C(=O)N(C)[C@@H]1C(=O)C[C@@H](C)C(=O)N[C@H](C(=O)CCC#N)Cc2ccc(OCC(=O)NCC#N)c(c2)-c2cc1ccc2OCC(N)=O. The summed E-state index contributed by atoms with van der Waals surface area (Å²) < 4.78 is 11.8. The Morgan fingerprint density at radius 3 is 2.09 bits per heavy atom. The van der Waals surface area contributed by atoms with Gasteiger partial charge in [0.25, 0.3) is 11.8 Å². The van der Waals surface area contributed by atoms with Crippen LogP contribution in [0.2, 0.25) is 0 Å². The van der Waals surface area contributed by atoms with Crippen LogP contribution < -0.4 is 31.6 Å². The lowest BCUT2D eigenvalue weighted by Crippen LogP contribution is -2.46. The summed E-state index contributed by atoms with van der Waals surface area (Å²) in [5, 5.41) is 23.4. The highest BCUT2D eigenvalue weighted by Crippen LogP contribution is 2.41. The first-order chi connectivity index (χ1) is 31.7. The van der Waals surface area contributed by atoms with Gasteiger partial charge in [0.05, 0.1) is 18.2 Å². The van der Waals surface area contributed by atoms with Crippen LogP contribution in [-0.4, -0.2) is 85.3 Å². The zero-order valence-electron chi connectivity index (χ0n) is 39.0. The van der Waals surface area contributed by atoms with E-state index in [1.807, 2.05) is 12.1 Å². The molecule has 0 unspecified atom stereocenters. The number of hydrogen-bond donors (Lipinski definition) is 4. The summed E-state index contributed by atoms with van der Waals surface area (Å²) in [5.74, 6) is -4.98. The van der Waals surface area contributed by atoms with Crippen molar-refractivity contribution in [3.63, 3.8) is 0 Å². The van der Waals surface area contributed by atoms with E-state index < -0.39 is 72.3 Å². The van der Waals surface area contributed by atoms with Gasteiger partial charge in [0.2, 0.25) is 11.8 Å². The maximum atomic E-state index is 14.6. The Morgan fingerprint density at radius 1 is 0.848 bits per heavy atom. The van der Waals surface area contributed by atoms with Gasteiger partial charge in [-0.3, -0.25) is 33.6 Å². The highest BCUT2D eigenvalue weighted by molar-refractivity contribution is 5.96. The molecule has 2 aromatic carbocycles. The van der Waals surface area contributed by atoms with Gasteiger partial charge in [-0.15, -0.1) is 0 Å². The molecule has 0 spiro atoms. The number of likely N-dealkylation sites (N-methyl/N-ethyl adjacent to an activating group) is 1. The summed E-state index contributed by atoms with van der Waals surface area (Å²) >= 11 is 0. The molecule has 0 fully saturated rings. The number of Topliss-reactive ketones (excluding diaryl/α,β-unsaturated/α-hetero) is 3. The summed E-state index contributed by atoms with van der Waals surface area (Å²) in [6.07, 6.45) is 12.4. The minimum absolute atomic E-state index is 0.0237. The molecule has 1 aliphatic rings. The number of carbonyl (C=O) groups excluding carboxylic acids is 7. The number of nitriles is 2. The van der Waals surface area contributed by atoms with Gasteiger partial charge >= 0.3 is 0 Å². The molecule has 0 aliphatic carbocycles. The molecule has 6 N–H and O–H groups in total. The summed E-state index contributed by atoms with van der Waals surface area (Å²) in [4.78, 5) is 95.6. The van der Waals surface area contributed by atoms with E-state index in [-0.39, 0.29) is 80.0 Å². The Hall–Kier alpha value is -6.13. The molecular weight excluding hydrogens is 843 g/mol. The molecule has 4 atom stereocenters. The number of amides is 4. The third kappa shape index (κ3) is 18.0. The molecule has 16 nitrogen and oxygen atoms in total. The van der Waals surface area contributed by atoms with Crippen molar-refractivity contribution < 1.29 is 43.0 Å². The number of hydrogen-bond acceptors (Lipinski definition) is 12. The maximum Gasteiger partial charge on any atom is 0.258 e. The Bertz CT molecular complexity index is 2060. The second-order valence-corrected chi connectivity index (χ2v) is 17.2. The van der Waals surface area contributed by atoms with Crippen LogP contribution in [0, 0.1) is 34.5 Å². The van der Waals surface area contributed by atoms with E-state index in [4.69, 9.17) is 26.2 Å². The number of carbonyl (C=O) groups is 7. The first kappa shape index (κ1) is 54.2. The van der Waals surface area contributed by atoms with E-state index >= 15 is 0 Å². The van der Waals surface area contributed by atoms with Gasteiger partial charge in [0, 0.05) is 62.1 Å². The largest absolute Gasteiger partial charge is 0.483 e. The molecule has 4 amide bonds. The number of ketones is 3. The molecule has 358 valence electrons. The predicted molar refractivity (Wildman–Crippen MR) is 248 cm³/mol. The number of nitrogens with one attached hydrogen (secondary N) is 2. The van der Waals surface area contributed by atoms with Crippen LogP contribution in [0.25, 0.3) is 11.1 Å². The van der Waals surface area contributed by atoms with Crippen LogP contribution in [0.1, 0.15) is 140 Å². The van der Waals surface area contributed by atoms with Gasteiger partial charge in [-0.2, -0.15) is 10.5 Å². The summed E-state index contributed by atoms with van der Waals surface area (Å²) in [6.45, 7) is 2.57. The number of nitrogens with two attached hydrogens (primary N) is 2. The van der Waals surface area contributed by atoms with Crippen LogP contribution in [0.4, 0.5) is 0 Å². The zero-order valence-corrected chi connectivity index (χ0v) is 39.0. The third-order valence-electron chi connectivity index (χ3n) is 11.8. The van der Waals surface area contributed by atoms with Crippen molar-refractivity contribution in [3.8, 4) is 34.8 Å². The Kier molecular flexibility index (Phi) is 24.2. The van der Waals surface area contributed by atoms with Crippen LogP contribution >= 0.6 is 0 Å². The van der Waals surface area contributed by atoms with Crippen LogP contribution in [0.5, 0.6) is 11.5 Å². The summed E-state index contributed by atoms with van der Waals surface area (Å²) in [5.41, 5.74) is 12.9. The smallest absolute Gasteiger partial charge is 0.258 e. The average Bonchev–Trinajstić information content (AvgIpc) is 3.29. The van der Waals surface area contributed by atoms with Crippen molar-refractivity contribution in [2.24, 2.45) is 23.3 Å². The van der Waals surface area contributed by atoms with Gasteiger partial charge < -0.3 is 36.5 Å². The van der Waals surface area contributed by atoms with E-state index in [0.717, 1.165) is 19.3 Å². The minimum atomic E-state index is -1.31. The van der Waals surface area contributed by atoms with Gasteiger partial charge in [-0.05, 0) is 61.2 Å². The van der Waals surface area contributed by atoms with Gasteiger partial charge in [-0.25, -0.2) is 0 Å². The lowest BCUT2D eigenvalue weighted by atomic mass is 9.88. The number of benzene rings is 2. The molecule has 0 aromatic heterocycles. The van der Waals surface area contributed by atoms with Gasteiger partial charge in [0.1, 0.15) is 29.9 Å². The number of fused-ring (bicyclic) bond motifs is 5. The van der Waals surface area contributed by atoms with Crippen molar-refractivity contribution in [1.82, 2.24) is 15.5 Å². The minimum Gasteiger partial charge on any atom is -0.483 e. The molecule has 1 aliphatic heterocycles. The molecule has 0 saturated carbocycles. The number of primary amides is 1. The molecular formula is C50H69N7O9. The normalized spacial score (nSPS) is 16.4. The van der Waals surface area contributed by atoms with E-state index in [1.54, 1.807) is 37.3 Å². The number of unbranched alkanes of at least 4 members (excludes halogenated alkanes) is 10. The van der Waals surface area contributed by atoms with Crippen molar-refractivity contribution >= 4 is 41.0 Å². The first-order valence-corrected chi connectivity index (χ1v) is 23.4. The Labute approximate surface area is 389 Å². The van der Waals surface area contributed by atoms with Crippen LogP contribution in [0.3, 0.4) is 0 Å². The fraction of sp³-hybridized carbons (Fsp3) is 0.580. The number of nitrogens with zero attached hydrogens (tertiary/aromatic N) is 3. The molecule has 3 rings (SSSR count). The van der Waals surface area contributed by atoms with Crippen molar-refractivity contribution in [3.05, 3.63) is 47.5 Å². The fourth-order valence-electron chi connectivity index (χ4n) is 8.15. The number of rotatable bonds is 28. The summed E-state index contributed by atoms with van der Waals surface area (Å²) in [6, 6.07) is 10.9. The number of ether oxygens (including phenoxy) is 2. The molecule has 66 heavy (non-hydrogen) atoms. The molecule has 2 aromatic rings. The summed E-state index contributed by atoms with van der Waals surface area (Å²) in [7, 11) is 1.46. The van der Waals surface area contributed by atoms with Crippen molar-refractivity contribution in [2.75, 3.05) is 33.4 Å². The first-order valence-electron chi connectivity index (χ1n) is 23.4. The van der Waals surface area contributed by atoms with Crippen LogP contribution in [0.15, 0.2) is 36.4 Å². The van der Waals surface area contributed by atoms with Crippen molar-refractivity contribution in [2.45, 2.75) is 142 Å². The van der Waals surface area contributed by atoms with E-state index in [9.17, 15) is 38.8 Å². The second kappa shape index (κ2) is 29.4. The third-order valence-corrected chi connectivity index (χ3v) is 11.8. The van der Waals surface area contributed by atoms with Gasteiger partial charge in [0.15, 0.2) is 24.8 Å². The lowest BCUT2D eigenvalue weighted by molar-refractivity contribution is -0.143. The van der Waals surface area contributed by atoms with E-state index in [0.29, 0.717) is 24.0 Å². The molecule has 4 bridgehead atoms. The predicted octanol–water partition coefficient (Wildman–Crippen LogP) is 5.87.